The van der Waals surface area contributed by atoms with Crippen molar-refractivity contribution in [3.8, 4) is 0 Å². The number of hydrogen-bond acceptors (Lipinski definition) is 4. The summed E-state index contributed by atoms with van der Waals surface area (Å²) in [6.07, 6.45) is 3.54. The van der Waals surface area contributed by atoms with Gasteiger partial charge < -0.3 is 4.74 Å². The van der Waals surface area contributed by atoms with Crippen LogP contribution >= 0.6 is 11.8 Å². The Morgan fingerprint density at radius 2 is 1.96 bits per heavy atom. The molecular formula is C21H21FN2O2S. The molecule has 0 saturated carbocycles. The van der Waals surface area contributed by atoms with Crippen LogP contribution in [0, 0.1) is 5.82 Å². The third-order valence-electron chi connectivity index (χ3n) is 4.75. The molecule has 6 heteroatoms. The third kappa shape index (κ3) is 4.22. The van der Waals surface area contributed by atoms with Crippen LogP contribution in [-0.2, 0) is 11.3 Å². The fraction of sp³-hybridized carbons (Fsp3) is 0.333. The van der Waals surface area contributed by atoms with Crippen molar-refractivity contribution in [1.82, 2.24) is 9.55 Å². The van der Waals surface area contributed by atoms with Crippen LogP contribution in [0.5, 0.6) is 0 Å². The minimum Gasteiger partial charge on any atom is -0.377 e. The Morgan fingerprint density at radius 1 is 1.15 bits per heavy atom. The van der Waals surface area contributed by atoms with E-state index in [0.29, 0.717) is 22.6 Å². The Bertz CT molecular complexity index is 982. The molecule has 4 nitrogen and oxygen atoms in total. The zero-order valence-electron chi connectivity index (χ0n) is 14.9. The molecule has 0 amide bonds. The maximum atomic E-state index is 13.2. The van der Waals surface area contributed by atoms with Crippen LogP contribution in [-0.4, -0.2) is 28.0 Å². The van der Waals surface area contributed by atoms with E-state index in [1.54, 1.807) is 34.5 Å². The summed E-state index contributed by atoms with van der Waals surface area (Å²) >= 11 is 1.56. The summed E-state index contributed by atoms with van der Waals surface area (Å²) in [6.45, 7) is 1.17. The summed E-state index contributed by atoms with van der Waals surface area (Å²) in [4.78, 5) is 17.8. The molecule has 0 N–H and O–H groups in total. The predicted octanol–water partition coefficient (Wildman–Crippen LogP) is 4.25. The zero-order chi connectivity index (χ0) is 18.6. The molecule has 0 aliphatic carbocycles. The van der Waals surface area contributed by atoms with E-state index < -0.39 is 0 Å². The molecule has 2 heterocycles. The maximum Gasteiger partial charge on any atom is 0.262 e. The number of rotatable bonds is 5. The highest BCUT2D eigenvalue weighted by molar-refractivity contribution is 7.99. The van der Waals surface area contributed by atoms with E-state index in [0.717, 1.165) is 30.8 Å². The van der Waals surface area contributed by atoms with Gasteiger partial charge in [-0.05, 0) is 49.1 Å². The van der Waals surface area contributed by atoms with Gasteiger partial charge in [-0.2, -0.15) is 0 Å². The molecular weight excluding hydrogens is 363 g/mol. The molecule has 0 bridgehead atoms. The molecule has 140 valence electrons. The van der Waals surface area contributed by atoms with Gasteiger partial charge in [-0.1, -0.05) is 36.0 Å². The number of ether oxygens (including phenoxy) is 1. The van der Waals surface area contributed by atoms with E-state index >= 15 is 0 Å². The van der Waals surface area contributed by atoms with E-state index in [-0.39, 0.29) is 17.5 Å². The van der Waals surface area contributed by atoms with Gasteiger partial charge >= 0.3 is 0 Å². The second kappa shape index (κ2) is 8.23. The Hall–Kier alpha value is -2.18. The van der Waals surface area contributed by atoms with E-state index in [2.05, 4.69) is 0 Å². The van der Waals surface area contributed by atoms with Gasteiger partial charge in [0.2, 0.25) is 0 Å². The highest BCUT2D eigenvalue weighted by Gasteiger charge is 2.17. The summed E-state index contributed by atoms with van der Waals surface area (Å²) in [5.74, 6) is 0.487. The van der Waals surface area contributed by atoms with Crippen LogP contribution in [0.1, 0.15) is 24.8 Å². The lowest BCUT2D eigenvalue weighted by Gasteiger charge is -2.22. The number of nitrogens with zero attached hydrogens (tertiary/aromatic N) is 2. The Kier molecular flexibility index (Phi) is 5.55. The lowest BCUT2D eigenvalue weighted by molar-refractivity contribution is 0.0315. The number of halogens is 1. The van der Waals surface area contributed by atoms with Crippen molar-refractivity contribution in [2.45, 2.75) is 37.1 Å². The molecule has 1 fully saturated rings. The van der Waals surface area contributed by atoms with Crippen molar-refractivity contribution >= 4 is 22.7 Å². The van der Waals surface area contributed by atoms with Crippen molar-refractivity contribution in [1.29, 1.82) is 0 Å². The van der Waals surface area contributed by atoms with Crippen LogP contribution in [0.2, 0.25) is 0 Å². The zero-order valence-corrected chi connectivity index (χ0v) is 15.8. The first kappa shape index (κ1) is 18.2. The molecule has 4 rings (SSSR count). The summed E-state index contributed by atoms with van der Waals surface area (Å²) in [7, 11) is 0. The van der Waals surface area contributed by atoms with Crippen LogP contribution < -0.4 is 5.56 Å². The SMILES string of the molecule is O=c1c2ccccc2nc(SC[C@@H]2CCCCO2)n1Cc1ccc(F)cc1. The largest absolute Gasteiger partial charge is 0.377 e. The molecule has 1 atom stereocenters. The smallest absolute Gasteiger partial charge is 0.262 e. The first-order chi connectivity index (χ1) is 13.2. The first-order valence-corrected chi connectivity index (χ1v) is 10.2. The lowest BCUT2D eigenvalue weighted by Crippen LogP contribution is -2.26. The van der Waals surface area contributed by atoms with Crippen molar-refractivity contribution in [2.75, 3.05) is 12.4 Å². The second-order valence-corrected chi connectivity index (χ2v) is 7.72. The van der Waals surface area contributed by atoms with Crippen LogP contribution in [0.3, 0.4) is 0 Å². The number of hydrogen-bond donors (Lipinski definition) is 0. The lowest BCUT2D eigenvalue weighted by atomic mass is 10.1. The number of thioether (sulfide) groups is 1. The van der Waals surface area contributed by atoms with Gasteiger partial charge in [0.25, 0.3) is 5.56 Å². The third-order valence-corrected chi connectivity index (χ3v) is 5.86. The molecule has 1 saturated heterocycles. The standard InChI is InChI=1S/C21H21FN2O2S/c22-16-10-8-15(9-11-16)13-24-20(25)18-6-1-2-7-19(18)23-21(24)27-14-17-5-3-4-12-26-17/h1-2,6-11,17H,3-5,12-14H2/t17-/m0/s1. The van der Waals surface area contributed by atoms with Gasteiger partial charge in [-0.25, -0.2) is 9.37 Å². The number of aromatic nitrogens is 2. The molecule has 2 aromatic carbocycles. The Balaban J connectivity index is 1.68. The quantitative estimate of drug-likeness (QED) is 0.487. The summed E-state index contributed by atoms with van der Waals surface area (Å²) < 4.78 is 20.7. The maximum absolute atomic E-state index is 13.2. The minimum absolute atomic E-state index is 0.0722. The predicted molar refractivity (Wildman–Crippen MR) is 106 cm³/mol. The van der Waals surface area contributed by atoms with Crippen molar-refractivity contribution in [3.63, 3.8) is 0 Å². The van der Waals surface area contributed by atoms with E-state index in [4.69, 9.17) is 9.72 Å². The van der Waals surface area contributed by atoms with Crippen LogP contribution in [0.4, 0.5) is 4.39 Å². The fourth-order valence-electron chi connectivity index (χ4n) is 3.28. The highest BCUT2D eigenvalue weighted by atomic mass is 32.2. The Morgan fingerprint density at radius 3 is 2.74 bits per heavy atom. The van der Waals surface area contributed by atoms with Crippen LogP contribution in [0.15, 0.2) is 58.5 Å². The minimum atomic E-state index is -0.285. The Labute approximate surface area is 161 Å². The molecule has 1 aromatic heterocycles. The molecule has 3 aromatic rings. The van der Waals surface area contributed by atoms with Gasteiger partial charge in [0, 0.05) is 12.4 Å². The van der Waals surface area contributed by atoms with E-state index in [9.17, 15) is 9.18 Å². The van der Waals surface area contributed by atoms with Gasteiger partial charge in [0.15, 0.2) is 5.16 Å². The summed E-state index contributed by atoms with van der Waals surface area (Å²) in [5, 5.41) is 1.27. The van der Waals surface area contributed by atoms with Gasteiger partial charge in [0.05, 0.1) is 23.6 Å². The molecule has 27 heavy (non-hydrogen) atoms. The number of benzene rings is 2. The van der Waals surface area contributed by atoms with E-state index in [1.807, 2.05) is 18.2 Å². The summed E-state index contributed by atoms with van der Waals surface area (Å²) in [6, 6.07) is 13.6. The topological polar surface area (TPSA) is 44.1 Å². The molecule has 1 aliphatic rings. The molecule has 0 spiro atoms. The highest BCUT2D eigenvalue weighted by Crippen LogP contribution is 2.24. The second-order valence-electron chi connectivity index (χ2n) is 6.73. The molecule has 1 aliphatic heterocycles. The van der Waals surface area contributed by atoms with Crippen molar-refractivity contribution < 1.29 is 9.13 Å². The first-order valence-electron chi connectivity index (χ1n) is 9.19. The van der Waals surface area contributed by atoms with Gasteiger partial charge in [0.1, 0.15) is 5.82 Å². The van der Waals surface area contributed by atoms with Gasteiger partial charge in [-0.3, -0.25) is 9.36 Å². The average molecular weight is 384 g/mol. The monoisotopic (exact) mass is 384 g/mol. The van der Waals surface area contributed by atoms with E-state index in [1.165, 1.54) is 18.6 Å². The number of para-hydroxylation sites is 1. The molecule has 0 radical (unpaired) electrons. The van der Waals surface area contributed by atoms with Crippen molar-refractivity contribution in [2.24, 2.45) is 0 Å². The summed E-state index contributed by atoms with van der Waals surface area (Å²) in [5.41, 5.74) is 1.49. The average Bonchev–Trinajstić information content (AvgIpc) is 2.71. The van der Waals surface area contributed by atoms with Crippen molar-refractivity contribution in [3.05, 3.63) is 70.3 Å². The number of fused-ring (bicyclic) bond motifs is 1. The molecule has 0 unspecified atom stereocenters. The van der Waals surface area contributed by atoms with Crippen LogP contribution in [0.25, 0.3) is 10.9 Å². The normalized spacial score (nSPS) is 17.3. The van der Waals surface area contributed by atoms with Gasteiger partial charge in [-0.15, -0.1) is 0 Å². The fourth-order valence-corrected chi connectivity index (χ4v) is 4.34.